The molecular weight excluding hydrogens is 228 g/mol. The Morgan fingerprint density at radius 2 is 2.00 bits per heavy atom. The summed E-state index contributed by atoms with van der Waals surface area (Å²) in [7, 11) is 0. The van der Waals surface area contributed by atoms with Gasteiger partial charge in [-0.3, -0.25) is 4.98 Å². The Hall–Kier alpha value is -0.510. The molecule has 1 rings (SSSR count). The van der Waals surface area contributed by atoms with E-state index in [2.05, 4.69) is 20.9 Å². The van der Waals surface area contributed by atoms with Gasteiger partial charge in [-0.2, -0.15) is 0 Å². The third-order valence-corrected chi connectivity index (χ3v) is 2.52. The van der Waals surface area contributed by atoms with Crippen LogP contribution in [0, 0.1) is 13.8 Å². The molecule has 0 aliphatic heterocycles. The van der Waals surface area contributed by atoms with Gasteiger partial charge in [0, 0.05) is 10.2 Å². The van der Waals surface area contributed by atoms with Crippen molar-refractivity contribution in [3.05, 3.63) is 27.5 Å². The minimum absolute atomic E-state index is 0.176. The number of hydrogen-bond acceptors (Lipinski definition) is 1. The van der Waals surface area contributed by atoms with Gasteiger partial charge in [-0.05, 0) is 25.5 Å². The number of aryl methyl sites for hydroxylation is 1. The summed E-state index contributed by atoms with van der Waals surface area (Å²) >= 11 is 3.19. The Bertz CT molecular complexity index is 276. The van der Waals surface area contributed by atoms with Crippen LogP contribution < -0.4 is 0 Å². The van der Waals surface area contributed by atoms with Crippen molar-refractivity contribution in [2.75, 3.05) is 0 Å². The topological polar surface area (TPSA) is 12.9 Å². The van der Waals surface area contributed by atoms with Crippen LogP contribution in [0.25, 0.3) is 0 Å². The molecule has 0 fully saturated rings. The Morgan fingerprint density at radius 1 is 1.42 bits per heavy atom. The fourth-order valence-corrected chi connectivity index (χ4v) is 1.35. The van der Waals surface area contributed by atoms with Gasteiger partial charge >= 0.3 is 0 Å². The molecule has 12 heavy (non-hydrogen) atoms. The second-order valence-corrected chi connectivity index (χ2v) is 3.39. The first kappa shape index (κ1) is 9.58. The fraction of sp³-hybridized carbons (Fsp3) is 0.375. The summed E-state index contributed by atoms with van der Waals surface area (Å²) < 4.78 is 25.0. The van der Waals surface area contributed by atoms with Crippen LogP contribution in [-0.4, -0.2) is 4.98 Å². The molecule has 4 heteroatoms. The SMILES string of the molecule is Cc1nc(C(F)F)cc(Br)c1C. The van der Waals surface area contributed by atoms with E-state index in [0.29, 0.717) is 10.2 Å². The van der Waals surface area contributed by atoms with Gasteiger partial charge in [0.25, 0.3) is 6.43 Å². The van der Waals surface area contributed by atoms with Gasteiger partial charge in [0.05, 0.1) is 0 Å². The number of hydrogen-bond donors (Lipinski definition) is 0. The second kappa shape index (κ2) is 3.47. The molecule has 0 spiro atoms. The summed E-state index contributed by atoms with van der Waals surface area (Å²) in [6.45, 7) is 3.55. The Balaban J connectivity index is 3.21. The maximum Gasteiger partial charge on any atom is 0.280 e. The molecule has 0 aromatic carbocycles. The molecule has 1 aromatic rings. The highest BCUT2D eigenvalue weighted by molar-refractivity contribution is 9.10. The molecule has 1 heterocycles. The van der Waals surface area contributed by atoms with E-state index < -0.39 is 6.43 Å². The second-order valence-electron chi connectivity index (χ2n) is 2.54. The summed E-state index contributed by atoms with van der Waals surface area (Å²) in [5.41, 5.74) is 1.36. The number of nitrogens with zero attached hydrogens (tertiary/aromatic N) is 1. The molecule has 0 saturated heterocycles. The van der Waals surface area contributed by atoms with Crippen LogP contribution in [0.3, 0.4) is 0 Å². The predicted octanol–water partition coefficient (Wildman–Crippen LogP) is 3.40. The quantitative estimate of drug-likeness (QED) is 0.728. The summed E-state index contributed by atoms with van der Waals surface area (Å²) in [5.74, 6) is 0. The van der Waals surface area contributed by atoms with Crippen LogP contribution in [0.15, 0.2) is 10.5 Å². The molecule has 0 bridgehead atoms. The van der Waals surface area contributed by atoms with Gasteiger partial charge in [-0.1, -0.05) is 15.9 Å². The number of rotatable bonds is 1. The average molecular weight is 236 g/mol. The van der Waals surface area contributed by atoms with Gasteiger partial charge in [0.2, 0.25) is 0 Å². The van der Waals surface area contributed by atoms with Gasteiger partial charge in [0.15, 0.2) is 0 Å². The summed E-state index contributed by atoms with van der Waals surface area (Å²) in [6, 6.07) is 1.35. The summed E-state index contributed by atoms with van der Waals surface area (Å²) in [5, 5.41) is 0. The molecule has 66 valence electrons. The largest absolute Gasteiger partial charge is 0.280 e. The molecule has 0 unspecified atom stereocenters. The molecule has 1 nitrogen and oxygen atoms in total. The zero-order valence-corrected chi connectivity index (χ0v) is 8.32. The van der Waals surface area contributed by atoms with Crippen LogP contribution in [0.2, 0.25) is 0 Å². The highest BCUT2D eigenvalue weighted by atomic mass is 79.9. The first-order valence-electron chi connectivity index (χ1n) is 3.44. The normalized spacial score (nSPS) is 10.8. The molecular formula is C8H8BrF2N. The Labute approximate surface area is 77.9 Å². The van der Waals surface area contributed by atoms with Crippen molar-refractivity contribution in [3.63, 3.8) is 0 Å². The molecule has 0 N–H and O–H groups in total. The van der Waals surface area contributed by atoms with Crippen LogP contribution in [0.5, 0.6) is 0 Å². The predicted molar refractivity (Wildman–Crippen MR) is 46.4 cm³/mol. The van der Waals surface area contributed by atoms with Crippen LogP contribution in [-0.2, 0) is 0 Å². The number of aromatic nitrogens is 1. The zero-order chi connectivity index (χ0) is 9.30. The molecule has 0 radical (unpaired) electrons. The molecule has 0 aliphatic carbocycles. The van der Waals surface area contributed by atoms with E-state index in [4.69, 9.17) is 0 Å². The molecule has 0 amide bonds. The molecule has 1 aromatic heterocycles. The Morgan fingerprint density at radius 3 is 2.42 bits per heavy atom. The maximum atomic E-state index is 12.2. The maximum absolute atomic E-state index is 12.2. The van der Waals surface area contributed by atoms with E-state index in [9.17, 15) is 8.78 Å². The number of halogens is 3. The first-order chi connectivity index (χ1) is 5.52. The zero-order valence-electron chi connectivity index (χ0n) is 6.74. The van der Waals surface area contributed by atoms with E-state index in [0.717, 1.165) is 5.56 Å². The summed E-state index contributed by atoms with van der Waals surface area (Å²) in [6.07, 6.45) is -2.50. The highest BCUT2D eigenvalue weighted by Gasteiger charge is 2.11. The van der Waals surface area contributed by atoms with Gasteiger partial charge in [0.1, 0.15) is 5.69 Å². The van der Waals surface area contributed by atoms with Gasteiger partial charge in [-0.15, -0.1) is 0 Å². The smallest absolute Gasteiger partial charge is 0.252 e. The monoisotopic (exact) mass is 235 g/mol. The third kappa shape index (κ3) is 1.80. The number of alkyl halides is 2. The standard InChI is InChI=1S/C8H8BrF2N/c1-4-5(2)12-7(8(10)11)3-6(4)9/h3,8H,1-2H3. The molecule has 0 saturated carbocycles. The lowest BCUT2D eigenvalue weighted by atomic mass is 10.2. The van der Waals surface area contributed by atoms with Crippen molar-refractivity contribution in [1.29, 1.82) is 0 Å². The van der Waals surface area contributed by atoms with Crippen molar-refractivity contribution < 1.29 is 8.78 Å². The summed E-state index contributed by atoms with van der Waals surface area (Å²) in [4.78, 5) is 3.75. The minimum atomic E-state index is -2.50. The van der Waals surface area contributed by atoms with E-state index in [1.165, 1.54) is 6.07 Å². The van der Waals surface area contributed by atoms with Crippen molar-refractivity contribution >= 4 is 15.9 Å². The lowest BCUT2D eigenvalue weighted by Gasteiger charge is -2.05. The molecule has 0 atom stereocenters. The van der Waals surface area contributed by atoms with Crippen molar-refractivity contribution in [1.82, 2.24) is 4.98 Å². The Kier molecular flexibility index (Phi) is 2.77. The van der Waals surface area contributed by atoms with Gasteiger partial charge < -0.3 is 0 Å². The lowest BCUT2D eigenvalue weighted by molar-refractivity contribution is 0.146. The van der Waals surface area contributed by atoms with Crippen molar-refractivity contribution in [2.24, 2.45) is 0 Å². The number of pyridine rings is 1. The van der Waals surface area contributed by atoms with Crippen molar-refractivity contribution in [3.8, 4) is 0 Å². The van der Waals surface area contributed by atoms with E-state index >= 15 is 0 Å². The average Bonchev–Trinajstić information content (AvgIpc) is 1.99. The van der Waals surface area contributed by atoms with Crippen LogP contribution >= 0.6 is 15.9 Å². The van der Waals surface area contributed by atoms with Crippen molar-refractivity contribution in [2.45, 2.75) is 20.3 Å². The van der Waals surface area contributed by atoms with E-state index in [-0.39, 0.29) is 5.69 Å². The fourth-order valence-electron chi connectivity index (χ4n) is 0.832. The van der Waals surface area contributed by atoms with Crippen LogP contribution in [0.4, 0.5) is 8.78 Å². The third-order valence-electron chi connectivity index (χ3n) is 1.70. The van der Waals surface area contributed by atoms with Gasteiger partial charge in [-0.25, -0.2) is 8.78 Å². The lowest BCUT2D eigenvalue weighted by Crippen LogP contribution is -1.95. The van der Waals surface area contributed by atoms with E-state index in [1.807, 2.05) is 6.92 Å². The van der Waals surface area contributed by atoms with E-state index in [1.54, 1.807) is 6.92 Å². The first-order valence-corrected chi connectivity index (χ1v) is 4.23. The van der Waals surface area contributed by atoms with Crippen LogP contribution in [0.1, 0.15) is 23.4 Å². The minimum Gasteiger partial charge on any atom is -0.252 e. The highest BCUT2D eigenvalue weighted by Crippen LogP contribution is 2.24. The molecule has 0 aliphatic rings.